The highest BCUT2D eigenvalue weighted by molar-refractivity contribution is 6.14. The molecule has 2 atom stereocenters. The zero-order valence-electron chi connectivity index (χ0n) is 22.0. The highest BCUT2D eigenvalue weighted by Gasteiger charge is 2.44. The van der Waals surface area contributed by atoms with E-state index in [2.05, 4.69) is 47.2 Å². The average Bonchev–Trinajstić information content (AvgIpc) is 3.14. The number of anilines is 1. The Hall–Kier alpha value is -3.20. The van der Waals surface area contributed by atoms with Crippen LogP contribution >= 0.6 is 0 Å². The predicted molar refractivity (Wildman–Crippen MR) is 145 cm³/mol. The largest absolute Gasteiger partial charge is 0.381 e. The van der Waals surface area contributed by atoms with Gasteiger partial charge in [0.1, 0.15) is 12.3 Å². The fourth-order valence-corrected chi connectivity index (χ4v) is 6.52. The molecule has 2 aromatic carbocycles. The molecule has 4 heterocycles. The van der Waals surface area contributed by atoms with Crippen molar-refractivity contribution in [1.82, 2.24) is 15.1 Å². The molecule has 200 valence electrons. The molecular weight excluding hydrogens is 480 g/mol. The standard InChI is InChI=1S/C30H36N4O4/c1-19-14-21(6-7-22(19)16-33-17-30(18-33)10-12-38-13-11-30)15-31-24-5-3-4-23-20(2)34(29(37)27(23)24)25-8-9-26(35)32-28(25)36/h3-7,14,25-26,31,35H,2,8-13,15-18H2,1H3,(H,32,36). The Morgan fingerprint density at radius 2 is 1.95 bits per heavy atom. The van der Waals surface area contributed by atoms with Crippen molar-refractivity contribution < 1.29 is 19.4 Å². The summed E-state index contributed by atoms with van der Waals surface area (Å²) in [6.45, 7) is 12.0. The van der Waals surface area contributed by atoms with E-state index in [9.17, 15) is 14.7 Å². The third-order valence-electron chi connectivity index (χ3n) is 8.69. The average molecular weight is 517 g/mol. The lowest BCUT2D eigenvalue weighted by molar-refractivity contribution is -0.131. The molecule has 38 heavy (non-hydrogen) atoms. The Kier molecular flexibility index (Phi) is 6.50. The van der Waals surface area contributed by atoms with Crippen molar-refractivity contribution in [3.63, 3.8) is 0 Å². The molecule has 3 fully saturated rings. The van der Waals surface area contributed by atoms with Crippen LogP contribution in [-0.4, -0.2) is 65.3 Å². The first-order valence-electron chi connectivity index (χ1n) is 13.6. The van der Waals surface area contributed by atoms with Gasteiger partial charge in [-0.15, -0.1) is 0 Å². The number of nitrogens with one attached hydrogen (secondary N) is 2. The van der Waals surface area contributed by atoms with E-state index in [0.29, 0.717) is 36.1 Å². The van der Waals surface area contributed by atoms with Gasteiger partial charge in [-0.1, -0.05) is 36.9 Å². The summed E-state index contributed by atoms with van der Waals surface area (Å²) in [5.74, 6) is -0.578. The molecule has 3 saturated heterocycles. The van der Waals surface area contributed by atoms with Gasteiger partial charge in [-0.2, -0.15) is 0 Å². The van der Waals surface area contributed by atoms with Gasteiger partial charge in [-0.25, -0.2) is 0 Å². The second-order valence-electron chi connectivity index (χ2n) is 11.3. The Morgan fingerprint density at radius 3 is 2.68 bits per heavy atom. The molecular formula is C30H36N4O4. The molecule has 0 bridgehead atoms. The monoisotopic (exact) mass is 516 g/mol. The van der Waals surface area contributed by atoms with Crippen molar-refractivity contribution in [2.45, 2.75) is 58.0 Å². The Labute approximate surface area is 223 Å². The molecule has 4 aliphatic heterocycles. The van der Waals surface area contributed by atoms with Crippen molar-refractivity contribution in [1.29, 1.82) is 0 Å². The Balaban J connectivity index is 1.11. The number of carbonyl (C=O) groups excluding carboxylic acids is 2. The summed E-state index contributed by atoms with van der Waals surface area (Å²) in [5.41, 5.74) is 6.80. The van der Waals surface area contributed by atoms with Gasteiger partial charge in [0.15, 0.2) is 0 Å². The summed E-state index contributed by atoms with van der Waals surface area (Å²) < 4.78 is 5.54. The summed E-state index contributed by atoms with van der Waals surface area (Å²) in [6.07, 6.45) is 2.29. The smallest absolute Gasteiger partial charge is 0.261 e. The summed E-state index contributed by atoms with van der Waals surface area (Å²) in [6, 6.07) is 11.6. The number of benzene rings is 2. The zero-order valence-corrected chi connectivity index (χ0v) is 22.0. The number of carbonyl (C=O) groups is 2. The van der Waals surface area contributed by atoms with Crippen LogP contribution in [0.1, 0.15) is 58.3 Å². The van der Waals surface area contributed by atoms with E-state index in [4.69, 9.17) is 4.74 Å². The first kappa shape index (κ1) is 25.1. The minimum Gasteiger partial charge on any atom is -0.381 e. The fraction of sp³-hybridized carbons (Fsp3) is 0.467. The third-order valence-corrected chi connectivity index (χ3v) is 8.69. The van der Waals surface area contributed by atoms with Gasteiger partial charge in [0.05, 0.1) is 5.56 Å². The van der Waals surface area contributed by atoms with Crippen molar-refractivity contribution in [2.75, 3.05) is 31.6 Å². The molecule has 8 nitrogen and oxygen atoms in total. The SMILES string of the molecule is C=C1c2cccc(NCc3ccc(CN4CC5(CCOCC5)C4)c(C)c3)c2C(=O)N1C1CCC(O)NC1=O. The normalized spacial score (nSPS) is 24.8. The van der Waals surface area contributed by atoms with Gasteiger partial charge in [-0.3, -0.25) is 19.4 Å². The lowest BCUT2D eigenvalue weighted by atomic mass is 9.73. The number of hydrogen-bond donors (Lipinski definition) is 3. The number of nitrogens with zero attached hydrogens (tertiary/aromatic N) is 2. The molecule has 2 amide bonds. The van der Waals surface area contributed by atoms with Crippen LogP contribution in [0.5, 0.6) is 0 Å². The van der Waals surface area contributed by atoms with Crippen LogP contribution in [0.25, 0.3) is 5.70 Å². The number of likely N-dealkylation sites (tertiary alicyclic amines) is 1. The van der Waals surface area contributed by atoms with Crippen molar-refractivity contribution in [3.8, 4) is 0 Å². The quantitative estimate of drug-likeness (QED) is 0.546. The summed E-state index contributed by atoms with van der Waals surface area (Å²) in [7, 11) is 0. The van der Waals surface area contributed by atoms with Crippen LogP contribution in [0.4, 0.5) is 5.69 Å². The number of aliphatic hydroxyl groups is 1. The van der Waals surface area contributed by atoms with Crippen LogP contribution < -0.4 is 10.6 Å². The van der Waals surface area contributed by atoms with Gasteiger partial charge in [-0.05, 0) is 55.4 Å². The molecule has 0 aliphatic carbocycles. The molecule has 2 aromatic rings. The van der Waals surface area contributed by atoms with Gasteiger partial charge in [0.25, 0.3) is 5.91 Å². The number of amides is 2. The second-order valence-corrected chi connectivity index (χ2v) is 11.3. The topological polar surface area (TPSA) is 94.1 Å². The highest BCUT2D eigenvalue weighted by atomic mass is 16.5. The molecule has 4 aliphatic rings. The number of aliphatic hydroxyl groups excluding tert-OH is 1. The van der Waals surface area contributed by atoms with Gasteiger partial charge in [0.2, 0.25) is 5.91 Å². The van der Waals surface area contributed by atoms with Crippen LogP contribution in [-0.2, 0) is 22.6 Å². The number of ether oxygens (including phenoxy) is 1. The molecule has 1 spiro atoms. The predicted octanol–water partition coefficient (Wildman–Crippen LogP) is 3.24. The number of hydrogen-bond acceptors (Lipinski definition) is 6. The lowest BCUT2D eigenvalue weighted by Gasteiger charge is -2.52. The Bertz CT molecular complexity index is 1280. The number of piperidine rings is 1. The highest BCUT2D eigenvalue weighted by Crippen LogP contribution is 2.41. The van der Waals surface area contributed by atoms with E-state index in [1.54, 1.807) is 0 Å². The second kappa shape index (κ2) is 9.84. The van der Waals surface area contributed by atoms with E-state index in [0.717, 1.165) is 49.7 Å². The molecule has 0 radical (unpaired) electrons. The minimum absolute atomic E-state index is 0.229. The zero-order chi connectivity index (χ0) is 26.4. The number of fused-ring (bicyclic) bond motifs is 1. The lowest BCUT2D eigenvalue weighted by Crippen LogP contribution is -2.57. The maximum absolute atomic E-state index is 13.5. The van der Waals surface area contributed by atoms with Gasteiger partial charge < -0.3 is 20.5 Å². The number of rotatable bonds is 6. The van der Waals surface area contributed by atoms with E-state index in [1.165, 1.54) is 28.9 Å². The number of aryl methyl sites for hydroxylation is 1. The van der Waals surface area contributed by atoms with Crippen molar-refractivity contribution in [2.24, 2.45) is 5.41 Å². The molecule has 3 N–H and O–H groups in total. The molecule has 0 aromatic heterocycles. The van der Waals surface area contributed by atoms with E-state index < -0.39 is 12.3 Å². The molecule has 0 saturated carbocycles. The summed E-state index contributed by atoms with van der Waals surface area (Å²) in [5, 5.41) is 15.7. The van der Waals surface area contributed by atoms with Crippen LogP contribution in [0.3, 0.4) is 0 Å². The van der Waals surface area contributed by atoms with Crippen LogP contribution in [0.15, 0.2) is 43.0 Å². The first-order chi connectivity index (χ1) is 18.3. The summed E-state index contributed by atoms with van der Waals surface area (Å²) in [4.78, 5) is 30.0. The van der Waals surface area contributed by atoms with Crippen molar-refractivity contribution >= 4 is 23.2 Å². The first-order valence-corrected chi connectivity index (χ1v) is 13.6. The van der Waals surface area contributed by atoms with E-state index >= 15 is 0 Å². The van der Waals surface area contributed by atoms with Crippen LogP contribution in [0, 0.1) is 12.3 Å². The van der Waals surface area contributed by atoms with E-state index in [1.807, 2.05) is 18.2 Å². The maximum atomic E-state index is 13.5. The third kappa shape index (κ3) is 4.51. The van der Waals surface area contributed by atoms with Crippen molar-refractivity contribution in [3.05, 3.63) is 70.8 Å². The fourth-order valence-electron chi connectivity index (χ4n) is 6.52. The Morgan fingerprint density at radius 1 is 1.16 bits per heavy atom. The molecule has 8 heteroatoms. The summed E-state index contributed by atoms with van der Waals surface area (Å²) >= 11 is 0. The maximum Gasteiger partial charge on any atom is 0.261 e. The molecule has 6 rings (SSSR count). The van der Waals surface area contributed by atoms with Gasteiger partial charge in [0, 0.05) is 61.8 Å². The van der Waals surface area contributed by atoms with Crippen LogP contribution in [0.2, 0.25) is 0 Å². The minimum atomic E-state index is -0.867. The van der Waals surface area contributed by atoms with Gasteiger partial charge >= 0.3 is 0 Å². The molecule has 2 unspecified atom stereocenters. The van der Waals surface area contributed by atoms with E-state index in [-0.39, 0.29) is 11.8 Å².